The van der Waals surface area contributed by atoms with Crippen LogP contribution in [0, 0.1) is 0 Å². The Balaban J connectivity index is 1.77. The minimum Gasteiger partial charge on any atom is -0.493 e. The molecule has 0 radical (unpaired) electrons. The highest BCUT2D eigenvalue weighted by Gasteiger charge is 2.12. The zero-order chi connectivity index (χ0) is 18.4. The summed E-state index contributed by atoms with van der Waals surface area (Å²) in [6.45, 7) is 0. The van der Waals surface area contributed by atoms with E-state index in [2.05, 4.69) is 15.9 Å². The number of esters is 1. The Kier molecular flexibility index (Phi) is 5.87. The first-order valence-electron chi connectivity index (χ1n) is 8.04. The second-order valence-electron chi connectivity index (χ2n) is 5.55. The lowest BCUT2D eigenvalue weighted by molar-refractivity contribution is 0.0729. The Morgan fingerprint density at radius 1 is 0.846 bits per heavy atom. The summed E-state index contributed by atoms with van der Waals surface area (Å²) in [4.78, 5) is 12.3. The van der Waals surface area contributed by atoms with Gasteiger partial charge in [0.25, 0.3) is 0 Å². The van der Waals surface area contributed by atoms with E-state index < -0.39 is 5.97 Å². The van der Waals surface area contributed by atoms with Crippen LogP contribution in [0.15, 0.2) is 77.3 Å². The van der Waals surface area contributed by atoms with Gasteiger partial charge in [0.1, 0.15) is 0 Å². The third kappa shape index (κ3) is 4.61. The van der Waals surface area contributed by atoms with Gasteiger partial charge in [-0.15, -0.1) is 0 Å². The SMILES string of the molecule is COc1cc(C=Cc2ccccc2)ccc1OC(=O)c1ccc(Br)cc1. The molecule has 0 N–H and O–H groups in total. The van der Waals surface area contributed by atoms with E-state index in [0.717, 1.165) is 15.6 Å². The number of benzene rings is 3. The topological polar surface area (TPSA) is 35.5 Å². The highest BCUT2D eigenvalue weighted by molar-refractivity contribution is 9.10. The molecule has 3 aromatic carbocycles. The molecule has 0 aliphatic heterocycles. The number of hydrogen-bond acceptors (Lipinski definition) is 3. The zero-order valence-electron chi connectivity index (χ0n) is 14.2. The highest BCUT2D eigenvalue weighted by atomic mass is 79.9. The third-order valence-electron chi connectivity index (χ3n) is 3.74. The van der Waals surface area contributed by atoms with E-state index in [4.69, 9.17) is 9.47 Å². The number of methoxy groups -OCH3 is 1. The maximum atomic E-state index is 12.3. The van der Waals surface area contributed by atoms with Crippen LogP contribution in [0.25, 0.3) is 12.2 Å². The van der Waals surface area contributed by atoms with E-state index in [1.807, 2.05) is 54.6 Å². The van der Waals surface area contributed by atoms with Gasteiger partial charge in [-0.25, -0.2) is 4.79 Å². The van der Waals surface area contributed by atoms with Crippen LogP contribution in [0.3, 0.4) is 0 Å². The number of hydrogen-bond donors (Lipinski definition) is 0. The molecule has 0 unspecified atom stereocenters. The summed E-state index contributed by atoms with van der Waals surface area (Å²) in [5.41, 5.74) is 2.54. The summed E-state index contributed by atoms with van der Waals surface area (Å²) in [7, 11) is 1.55. The van der Waals surface area contributed by atoms with E-state index >= 15 is 0 Å². The predicted molar refractivity (Wildman–Crippen MR) is 107 cm³/mol. The normalized spacial score (nSPS) is 10.7. The fraction of sp³-hybridized carbons (Fsp3) is 0.0455. The first-order chi connectivity index (χ1) is 12.7. The summed E-state index contributed by atoms with van der Waals surface area (Å²) in [6.07, 6.45) is 4.00. The number of ether oxygens (including phenoxy) is 2. The molecule has 0 spiro atoms. The van der Waals surface area contributed by atoms with Crippen LogP contribution in [0.1, 0.15) is 21.5 Å². The van der Waals surface area contributed by atoms with Crippen LogP contribution < -0.4 is 9.47 Å². The molecule has 130 valence electrons. The van der Waals surface area contributed by atoms with Crippen molar-refractivity contribution in [3.63, 3.8) is 0 Å². The van der Waals surface area contributed by atoms with Crippen molar-refractivity contribution in [3.05, 3.63) is 94.0 Å². The molecule has 0 amide bonds. The fourth-order valence-corrected chi connectivity index (χ4v) is 2.64. The summed E-state index contributed by atoms with van der Waals surface area (Å²) in [5, 5.41) is 0. The quantitative estimate of drug-likeness (QED) is 0.301. The van der Waals surface area contributed by atoms with Gasteiger partial charge in [-0.1, -0.05) is 64.5 Å². The molecular formula is C22H17BrO3. The van der Waals surface area contributed by atoms with Crippen molar-refractivity contribution < 1.29 is 14.3 Å². The maximum Gasteiger partial charge on any atom is 0.343 e. The lowest BCUT2D eigenvalue weighted by Crippen LogP contribution is -2.09. The van der Waals surface area contributed by atoms with Gasteiger partial charge < -0.3 is 9.47 Å². The van der Waals surface area contributed by atoms with Crippen molar-refractivity contribution in [2.45, 2.75) is 0 Å². The molecule has 0 saturated heterocycles. The van der Waals surface area contributed by atoms with Crippen molar-refractivity contribution in [1.82, 2.24) is 0 Å². The maximum absolute atomic E-state index is 12.3. The van der Waals surface area contributed by atoms with Crippen LogP contribution in [0.4, 0.5) is 0 Å². The van der Waals surface area contributed by atoms with Crippen molar-refractivity contribution in [1.29, 1.82) is 0 Å². The van der Waals surface area contributed by atoms with E-state index in [0.29, 0.717) is 17.1 Å². The molecule has 0 fully saturated rings. The Morgan fingerprint density at radius 2 is 1.54 bits per heavy atom. The standard InChI is InChI=1S/C22H17BrO3/c1-25-21-15-17(8-7-16-5-3-2-4-6-16)9-14-20(21)26-22(24)18-10-12-19(23)13-11-18/h2-15H,1H3. The van der Waals surface area contributed by atoms with Crippen molar-refractivity contribution in [2.24, 2.45) is 0 Å². The van der Waals surface area contributed by atoms with Gasteiger partial charge in [0.15, 0.2) is 11.5 Å². The van der Waals surface area contributed by atoms with E-state index in [-0.39, 0.29) is 0 Å². The molecule has 0 saturated carbocycles. The molecule has 3 aromatic rings. The molecule has 0 aliphatic rings. The van der Waals surface area contributed by atoms with Crippen LogP contribution in [0.5, 0.6) is 11.5 Å². The highest BCUT2D eigenvalue weighted by Crippen LogP contribution is 2.29. The number of carbonyl (C=O) groups excluding carboxylic acids is 1. The molecule has 0 heterocycles. The summed E-state index contributed by atoms with van der Waals surface area (Å²) >= 11 is 3.35. The molecule has 26 heavy (non-hydrogen) atoms. The smallest absolute Gasteiger partial charge is 0.343 e. The average Bonchev–Trinajstić information content (AvgIpc) is 2.68. The zero-order valence-corrected chi connectivity index (χ0v) is 15.8. The van der Waals surface area contributed by atoms with Crippen LogP contribution in [-0.2, 0) is 0 Å². The minimum atomic E-state index is -0.427. The molecule has 0 bridgehead atoms. The van der Waals surface area contributed by atoms with Gasteiger partial charge in [0, 0.05) is 4.47 Å². The summed E-state index contributed by atoms with van der Waals surface area (Å²) in [5.74, 6) is 0.464. The van der Waals surface area contributed by atoms with Gasteiger partial charge in [-0.3, -0.25) is 0 Å². The minimum absolute atomic E-state index is 0.386. The molecule has 0 aliphatic carbocycles. The van der Waals surface area contributed by atoms with Crippen LogP contribution in [-0.4, -0.2) is 13.1 Å². The van der Waals surface area contributed by atoms with Crippen molar-refractivity contribution >= 4 is 34.1 Å². The van der Waals surface area contributed by atoms with Crippen molar-refractivity contribution in [3.8, 4) is 11.5 Å². The Morgan fingerprint density at radius 3 is 2.23 bits per heavy atom. The van der Waals surface area contributed by atoms with E-state index in [9.17, 15) is 4.79 Å². The molecule has 4 heteroatoms. The van der Waals surface area contributed by atoms with Crippen molar-refractivity contribution in [2.75, 3.05) is 7.11 Å². The van der Waals surface area contributed by atoms with E-state index in [1.54, 1.807) is 37.4 Å². The lowest BCUT2D eigenvalue weighted by Gasteiger charge is -2.10. The van der Waals surface area contributed by atoms with Crippen LogP contribution >= 0.6 is 15.9 Å². The van der Waals surface area contributed by atoms with Crippen LogP contribution in [0.2, 0.25) is 0 Å². The predicted octanol–water partition coefficient (Wildman–Crippen LogP) is 5.85. The van der Waals surface area contributed by atoms with Gasteiger partial charge >= 0.3 is 5.97 Å². The Bertz CT molecular complexity index is 916. The monoisotopic (exact) mass is 408 g/mol. The molecule has 0 aromatic heterocycles. The van der Waals surface area contributed by atoms with Gasteiger partial charge in [-0.05, 0) is 47.5 Å². The first kappa shape index (κ1) is 18.0. The largest absolute Gasteiger partial charge is 0.493 e. The van der Waals surface area contributed by atoms with Gasteiger partial charge in [0.2, 0.25) is 0 Å². The summed E-state index contributed by atoms with van der Waals surface area (Å²) in [6, 6.07) is 22.5. The second-order valence-corrected chi connectivity index (χ2v) is 6.47. The number of carbonyl (C=O) groups is 1. The average molecular weight is 409 g/mol. The molecular weight excluding hydrogens is 392 g/mol. The molecule has 3 rings (SSSR count). The fourth-order valence-electron chi connectivity index (χ4n) is 2.37. The lowest BCUT2D eigenvalue weighted by atomic mass is 10.1. The summed E-state index contributed by atoms with van der Waals surface area (Å²) < 4.78 is 11.8. The molecule has 3 nitrogen and oxygen atoms in total. The Labute approximate surface area is 161 Å². The van der Waals surface area contributed by atoms with E-state index in [1.165, 1.54) is 0 Å². The first-order valence-corrected chi connectivity index (χ1v) is 8.84. The third-order valence-corrected chi connectivity index (χ3v) is 4.27. The number of halogens is 1. The van der Waals surface area contributed by atoms with Gasteiger partial charge in [-0.2, -0.15) is 0 Å². The second kappa shape index (κ2) is 8.50. The number of rotatable bonds is 5. The molecule has 0 atom stereocenters. The van der Waals surface area contributed by atoms with Gasteiger partial charge in [0.05, 0.1) is 12.7 Å². The Hall–Kier alpha value is -2.85.